The molecule has 9 nitrogen and oxygen atoms in total. The summed E-state index contributed by atoms with van der Waals surface area (Å²) < 4.78 is 5.30. The van der Waals surface area contributed by atoms with Gasteiger partial charge in [-0.2, -0.15) is 0 Å². The molecule has 0 spiro atoms. The second-order valence-electron chi connectivity index (χ2n) is 7.90. The number of amides is 2. The summed E-state index contributed by atoms with van der Waals surface area (Å²) in [6.45, 7) is 3.54. The fourth-order valence-corrected chi connectivity index (χ4v) is 4.40. The number of carbonyl (C=O) groups is 4. The molecule has 1 unspecified atom stereocenters. The van der Waals surface area contributed by atoms with Gasteiger partial charge in [-0.05, 0) is 61.9 Å². The van der Waals surface area contributed by atoms with Crippen LogP contribution in [0.4, 0.5) is 11.4 Å². The summed E-state index contributed by atoms with van der Waals surface area (Å²) in [6, 6.07) is 13.3. The van der Waals surface area contributed by atoms with E-state index in [0.29, 0.717) is 27.0 Å². The molecule has 0 aliphatic rings. The Hall–Kier alpha value is -4.02. The number of hydrogen-bond acceptors (Lipinski definition) is 6. The van der Waals surface area contributed by atoms with E-state index in [-0.39, 0.29) is 17.0 Å². The lowest BCUT2D eigenvalue weighted by Gasteiger charge is -2.16. The van der Waals surface area contributed by atoms with Gasteiger partial charge in [-0.3, -0.25) is 9.59 Å². The van der Waals surface area contributed by atoms with E-state index in [2.05, 4.69) is 10.6 Å². The SMILES string of the molecule is COc1cc(Cl)c(C)cc1NC(=O)C(C)Sc1cccc(NC(=O)c2ccc(C(=O)O)cc2C(=O)O)c1. The third-order valence-electron chi connectivity index (χ3n) is 5.25. The number of hydrogen-bond donors (Lipinski definition) is 4. The van der Waals surface area contributed by atoms with Gasteiger partial charge in [0.1, 0.15) is 5.75 Å². The maximum Gasteiger partial charge on any atom is 0.336 e. The molecule has 0 fully saturated rings. The molecular weight excluding hydrogens is 520 g/mol. The normalized spacial score (nSPS) is 11.4. The minimum absolute atomic E-state index is 0.185. The lowest BCUT2D eigenvalue weighted by atomic mass is 10.0. The maximum absolute atomic E-state index is 12.8. The largest absolute Gasteiger partial charge is 0.495 e. The van der Waals surface area contributed by atoms with Crippen molar-refractivity contribution in [1.82, 2.24) is 0 Å². The van der Waals surface area contributed by atoms with Crippen LogP contribution in [0, 0.1) is 6.92 Å². The number of ether oxygens (including phenoxy) is 1. The number of aromatic carboxylic acids is 2. The number of carbonyl (C=O) groups excluding carboxylic acids is 2. The Morgan fingerprint density at radius 1 is 0.946 bits per heavy atom. The van der Waals surface area contributed by atoms with Crippen LogP contribution in [-0.2, 0) is 4.79 Å². The summed E-state index contributed by atoms with van der Waals surface area (Å²) in [5, 5.41) is 24.0. The number of aryl methyl sites for hydroxylation is 1. The van der Waals surface area contributed by atoms with Crippen molar-refractivity contribution in [3.05, 3.63) is 81.9 Å². The lowest BCUT2D eigenvalue weighted by molar-refractivity contribution is -0.115. The van der Waals surface area contributed by atoms with Gasteiger partial charge in [-0.1, -0.05) is 17.7 Å². The van der Waals surface area contributed by atoms with Crippen molar-refractivity contribution >= 4 is 58.5 Å². The van der Waals surface area contributed by atoms with Crippen molar-refractivity contribution in [3.8, 4) is 5.75 Å². The summed E-state index contributed by atoms with van der Waals surface area (Å²) in [5.74, 6) is -3.29. The minimum atomic E-state index is -1.43. The van der Waals surface area contributed by atoms with Crippen LogP contribution < -0.4 is 15.4 Å². The molecule has 3 aromatic carbocycles. The maximum atomic E-state index is 12.8. The van der Waals surface area contributed by atoms with Crippen molar-refractivity contribution in [2.75, 3.05) is 17.7 Å². The van der Waals surface area contributed by atoms with E-state index in [4.69, 9.17) is 21.4 Å². The van der Waals surface area contributed by atoms with Gasteiger partial charge in [0.15, 0.2) is 0 Å². The highest BCUT2D eigenvalue weighted by Crippen LogP contribution is 2.32. The van der Waals surface area contributed by atoms with Crippen LogP contribution in [0.15, 0.2) is 59.5 Å². The predicted octanol–water partition coefficient (Wildman–Crippen LogP) is 5.43. The van der Waals surface area contributed by atoms with E-state index in [1.165, 1.54) is 18.9 Å². The third-order valence-corrected chi connectivity index (χ3v) is 6.76. The number of thioether (sulfide) groups is 1. The number of methoxy groups -OCH3 is 1. The van der Waals surface area contributed by atoms with Crippen molar-refractivity contribution in [2.45, 2.75) is 24.0 Å². The fourth-order valence-electron chi connectivity index (χ4n) is 3.32. The molecule has 3 rings (SSSR count). The molecule has 2 amide bonds. The summed E-state index contributed by atoms with van der Waals surface area (Å²) in [4.78, 5) is 49.0. The molecule has 0 radical (unpaired) electrons. The van der Waals surface area contributed by atoms with Gasteiger partial charge in [0.25, 0.3) is 5.91 Å². The first-order valence-electron chi connectivity index (χ1n) is 10.8. The summed E-state index contributed by atoms with van der Waals surface area (Å²) in [5.41, 5.74) is 0.787. The molecule has 0 heterocycles. The molecule has 0 bridgehead atoms. The molecule has 0 aromatic heterocycles. The number of carboxylic acids is 2. The summed E-state index contributed by atoms with van der Waals surface area (Å²) in [7, 11) is 1.48. The molecule has 3 aromatic rings. The fraction of sp³-hybridized carbons (Fsp3) is 0.154. The Morgan fingerprint density at radius 2 is 1.68 bits per heavy atom. The van der Waals surface area contributed by atoms with E-state index >= 15 is 0 Å². The standard InChI is InChI=1S/C26H23ClN2O7S/c1-13-9-21(22(36-3)12-20(13)27)29-23(30)14(2)37-17-6-4-5-16(11-17)28-24(31)18-8-7-15(25(32)33)10-19(18)26(34)35/h4-12,14H,1-3H3,(H,28,31)(H,29,30)(H,32,33)(H,34,35). The highest BCUT2D eigenvalue weighted by molar-refractivity contribution is 8.00. The quantitative estimate of drug-likeness (QED) is 0.262. The number of rotatable bonds is 9. The van der Waals surface area contributed by atoms with Crippen LogP contribution >= 0.6 is 23.4 Å². The van der Waals surface area contributed by atoms with Gasteiger partial charge in [-0.15, -0.1) is 11.8 Å². The van der Waals surface area contributed by atoms with Crippen molar-refractivity contribution in [1.29, 1.82) is 0 Å². The molecule has 37 heavy (non-hydrogen) atoms. The zero-order chi connectivity index (χ0) is 27.3. The van der Waals surface area contributed by atoms with Gasteiger partial charge in [0.05, 0.1) is 34.7 Å². The van der Waals surface area contributed by atoms with E-state index in [1.54, 1.807) is 43.3 Å². The van der Waals surface area contributed by atoms with Gasteiger partial charge in [-0.25, -0.2) is 9.59 Å². The Kier molecular flexibility index (Phi) is 8.80. The van der Waals surface area contributed by atoms with Crippen LogP contribution in [0.5, 0.6) is 5.75 Å². The number of anilines is 2. The molecule has 0 aliphatic carbocycles. The van der Waals surface area contributed by atoms with Gasteiger partial charge >= 0.3 is 11.9 Å². The number of benzene rings is 3. The molecule has 11 heteroatoms. The van der Waals surface area contributed by atoms with Crippen LogP contribution in [0.25, 0.3) is 0 Å². The molecule has 1 atom stereocenters. The highest BCUT2D eigenvalue weighted by atomic mass is 35.5. The average Bonchev–Trinajstić information content (AvgIpc) is 2.85. The van der Waals surface area contributed by atoms with E-state index in [0.717, 1.165) is 23.8 Å². The Labute approximate surface area is 221 Å². The predicted molar refractivity (Wildman–Crippen MR) is 141 cm³/mol. The molecule has 192 valence electrons. The molecule has 0 saturated heterocycles. The monoisotopic (exact) mass is 542 g/mol. The Morgan fingerprint density at radius 3 is 2.32 bits per heavy atom. The second-order valence-corrected chi connectivity index (χ2v) is 9.73. The van der Waals surface area contributed by atoms with Crippen LogP contribution in [-0.4, -0.2) is 46.3 Å². The zero-order valence-corrected chi connectivity index (χ0v) is 21.6. The number of nitrogens with one attached hydrogen (secondary N) is 2. The summed E-state index contributed by atoms with van der Waals surface area (Å²) in [6.07, 6.45) is 0. The molecular formula is C26H23ClN2O7S. The molecule has 0 saturated carbocycles. The summed E-state index contributed by atoms with van der Waals surface area (Å²) >= 11 is 7.38. The molecule has 4 N–H and O–H groups in total. The second kappa shape index (κ2) is 11.8. The van der Waals surface area contributed by atoms with Gasteiger partial charge < -0.3 is 25.6 Å². The number of carboxylic acid groups (broad SMARTS) is 2. The van der Waals surface area contributed by atoms with Crippen molar-refractivity contribution in [2.24, 2.45) is 0 Å². The first kappa shape index (κ1) is 27.6. The highest BCUT2D eigenvalue weighted by Gasteiger charge is 2.20. The van der Waals surface area contributed by atoms with E-state index in [1.807, 2.05) is 6.92 Å². The topological polar surface area (TPSA) is 142 Å². The van der Waals surface area contributed by atoms with Crippen LogP contribution in [0.2, 0.25) is 5.02 Å². The lowest BCUT2D eigenvalue weighted by Crippen LogP contribution is -2.22. The van der Waals surface area contributed by atoms with Crippen molar-refractivity contribution in [3.63, 3.8) is 0 Å². The number of halogens is 1. The third kappa shape index (κ3) is 6.81. The Bertz CT molecular complexity index is 1390. The van der Waals surface area contributed by atoms with Crippen LogP contribution in [0.3, 0.4) is 0 Å². The average molecular weight is 543 g/mol. The van der Waals surface area contributed by atoms with Crippen molar-refractivity contribution < 1.29 is 34.1 Å². The van der Waals surface area contributed by atoms with E-state index in [9.17, 15) is 24.3 Å². The van der Waals surface area contributed by atoms with E-state index < -0.39 is 28.7 Å². The molecule has 0 aliphatic heterocycles. The first-order chi connectivity index (χ1) is 17.5. The smallest absolute Gasteiger partial charge is 0.336 e. The van der Waals surface area contributed by atoms with Crippen LogP contribution in [0.1, 0.15) is 43.6 Å². The Balaban J connectivity index is 1.73. The minimum Gasteiger partial charge on any atom is -0.495 e. The first-order valence-corrected chi connectivity index (χ1v) is 12.1. The van der Waals surface area contributed by atoms with Gasteiger partial charge in [0, 0.05) is 21.7 Å². The van der Waals surface area contributed by atoms with Gasteiger partial charge in [0.2, 0.25) is 5.91 Å². The zero-order valence-electron chi connectivity index (χ0n) is 20.0.